The van der Waals surface area contributed by atoms with Crippen molar-refractivity contribution in [2.45, 2.75) is 39.8 Å². The molecular weight excluding hydrogens is 248 g/mol. The molecule has 1 unspecified atom stereocenters. The molecule has 2 heterocycles. The predicted octanol–water partition coefficient (Wildman–Crippen LogP) is 2.38. The van der Waals surface area contributed by atoms with E-state index >= 15 is 0 Å². The Kier molecular flexibility index (Phi) is 5.01. The normalized spacial score (nSPS) is 21.7. The molecule has 1 saturated heterocycles. The first-order chi connectivity index (χ1) is 8.69. The van der Waals surface area contributed by atoms with Crippen LogP contribution in [0, 0.1) is 11.8 Å². The van der Waals surface area contributed by atoms with Crippen LogP contribution >= 0.6 is 11.6 Å². The quantitative estimate of drug-likeness (QED) is 0.771. The highest BCUT2D eigenvalue weighted by Gasteiger charge is 2.20. The average molecular weight is 271 g/mol. The summed E-state index contributed by atoms with van der Waals surface area (Å²) < 4.78 is 2.04. The lowest BCUT2D eigenvalue weighted by atomic mass is 10.0. The van der Waals surface area contributed by atoms with Gasteiger partial charge < -0.3 is 0 Å². The van der Waals surface area contributed by atoms with Crippen molar-refractivity contribution >= 4 is 11.6 Å². The number of likely N-dealkylation sites (tertiary alicyclic amines) is 1. The van der Waals surface area contributed by atoms with Gasteiger partial charge in [0.1, 0.15) is 12.2 Å². The molecule has 1 atom stereocenters. The first-order valence-corrected chi connectivity index (χ1v) is 7.37. The summed E-state index contributed by atoms with van der Waals surface area (Å²) in [6.07, 6.45) is 4.18. The van der Waals surface area contributed by atoms with E-state index in [1.54, 1.807) is 6.33 Å². The Hall–Kier alpha value is -0.610. The Morgan fingerprint density at radius 3 is 3.06 bits per heavy atom. The van der Waals surface area contributed by atoms with Crippen LogP contribution in [0.15, 0.2) is 6.33 Å². The van der Waals surface area contributed by atoms with Crippen LogP contribution in [0.4, 0.5) is 0 Å². The summed E-state index contributed by atoms with van der Waals surface area (Å²) in [4.78, 5) is 6.85. The van der Waals surface area contributed by atoms with Crippen molar-refractivity contribution in [2.75, 3.05) is 19.0 Å². The summed E-state index contributed by atoms with van der Waals surface area (Å²) in [5, 5.41) is 4.31. The zero-order chi connectivity index (χ0) is 13.0. The molecule has 0 N–H and O–H groups in total. The molecule has 0 aliphatic carbocycles. The van der Waals surface area contributed by atoms with Gasteiger partial charge in [-0.3, -0.25) is 4.90 Å². The van der Waals surface area contributed by atoms with Gasteiger partial charge in [-0.25, -0.2) is 9.67 Å². The molecule has 1 fully saturated rings. The van der Waals surface area contributed by atoms with Gasteiger partial charge in [-0.2, -0.15) is 5.10 Å². The van der Waals surface area contributed by atoms with E-state index in [0.717, 1.165) is 37.9 Å². The van der Waals surface area contributed by atoms with Crippen molar-refractivity contribution in [1.29, 1.82) is 0 Å². The van der Waals surface area contributed by atoms with Crippen molar-refractivity contribution in [3.63, 3.8) is 0 Å². The highest BCUT2D eigenvalue weighted by Crippen LogP contribution is 2.19. The maximum Gasteiger partial charge on any atom is 0.141 e. The number of alkyl halides is 1. The molecule has 0 aromatic carbocycles. The molecule has 0 radical (unpaired) electrons. The van der Waals surface area contributed by atoms with Crippen LogP contribution in [0.3, 0.4) is 0 Å². The number of hydrogen-bond donors (Lipinski definition) is 0. The van der Waals surface area contributed by atoms with E-state index in [4.69, 9.17) is 11.6 Å². The fourth-order valence-electron chi connectivity index (χ4n) is 2.53. The molecule has 0 amide bonds. The summed E-state index contributed by atoms with van der Waals surface area (Å²) in [5.74, 6) is 3.10. The summed E-state index contributed by atoms with van der Waals surface area (Å²) >= 11 is 5.97. The molecule has 5 heteroatoms. The van der Waals surface area contributed by atoms with Gasteiger partial charge >= 0.3 is 0 Å². The van der Waals surface area contributed by atoms with Crippen molar-refractivity contribution in [3.8, 4) is 0 Å². The van der Waals surface area contributed by atoms with Crippen molar-refractivity contribution < 1.29 is 0 Å². The number of aromatic nitrogens is 3. The van der Waals surface area contributed by atoms with Gasteiger partial charge in [-0.15, -0.1) is 11.6 Å². The largest absolute Gasteiger partial charge is 0.296 e. The third-order valence-corrected chi connectivity index (χ3v) is 3.86. The first kappa shape index (κ1) is 13.8. The van der Waals surface area contributed by atoms with E-state index in [2.05, 4.69) is 28.8 Å². The Balaban J connectivity index is 1.94. The number of hydrogen-bond acceptors (Lipinski definition) is 3. The van der Waals surface area contributed by atoms with Crippen molar-refractivity contribution in [2.24, 2.45) is 11.8 Å². The highest BCUT2D eigenvalue weighted by atomic mass is 35.5. The predicted molar refractivity (Wildman–Crippen MR) is 73.6 cm³/mol. The van der Waals surface area contributed by atoms with E-state index < -0.39 is 0 Å². The molecule has 2 rings (SSSR count). The average Bonchev–Trinajstić information content (AvgIpc) is 2.76. The molecule has 18 heavy (non-hydrogen) atoms. The second-order valence-corrected chi connectivity index (χ2v) is 5.96. The van der Waals surface area contributed by atoms with Gasteiger partial charge in [0.05, 0.1) is 6.54 Å². The van der Waals surface area contributed by atoms with E-state index in [0.29, 0.717) is 11.8 Å². The molecule has 102 valence electrons. The van der Waals surface area contributed by atoms with Gasteiger partial charge in [0.2, 0.25) is 0 Å². The zero-order valence-corrected chi connectivity index (χ0v) is 12.1. The van der Waals surface area contributed by atoms with Crippen LogP contribution in [0.25, 0.3) is 0 Å². The molecule has 1 aromatic rings. The van der Waals surface area contributed by atoms with E-state index in [1.165, 1.54) is 12.8 Å². The lowest BCUT2D eigenvalue weighted by Crippen LogP contribution is -2.36. The summed E-state index contributed by atoms with van der Waals surface area (Å²) in [6, 6.07) is 0. The second-order valence-electron chi connectivity index (χ2n) is 5.65. The van der Waals surface area contributed by atoms with Crippen LogP contribution in [0.5, 0.6) is 0 Å². The van der Waals surface area contributed by atoms with Gasteiger partial charge in [-0.1, -0.05) is 13.8 Å². The van der Waals surface area contributed by atoms with E-state index in [9.17, 15) is 0 Å². The molecule has 1 aliphatic heterocycles. The van der Waals surface area contributed by atoms with Crippen LogP contribution in [0.2, 0.25) is 0 Å². The molecule has 1 aliphatic rings. The molecule has 0 spiro atoms. The minimum Gasteiger partial charge on any atom is -0.296 e. The molecule has 4 nitrogen and oxygen atoms in total. The molecular formula is C13H23ClN4. The summed E-state index contributed by atoms with van der Waals surface area (Å²) in [5.41, 5.74) is 0. The van der Waals surface area contributed by atoms with Gasteiger partial charge in [0.25, 0.3) is 0 Å². The highest BCUT2D eigenvalue weighted by molar-refractivity contribution is 6.18. The Labute approximate surface area is 114 Å². The second kappa shape index (κ2) is 6.53. The third-order valence-electron chi connectivity index (χ3n) is 3.42. The van der Waals surface area contributed by atoms with Crippen LogP contribution < -0.4 is 0 Å². The maximum atomic E-state index is 5.97. The maximum absolute atomic E-state index is 5.97. The fourth-order valence-corrected chi connectivity index (χ4v) is 2.78. The SMILES string of the molecule is CC(C)Cn1ncnc1CN1CCCC(CCl)C1. The van der Waals surface area contributed by atoms with Crippen LogP contribution in [-0.4, -0.2) is 38.6 Å². The zero-order valence-electron chi connectivity index (χ0n) is 11.3. The van der Waals surface area contributed by atoms with Crippen LogP contribution in [0.1, 0.15) is 32.5 Å². The lowest BCUT2D eigenvalue weighted by molar-refractivity contribution is 0.171. The Morgan fingerprint density at radius 2 is 2.33 bits per heavy atom. The third kappa shape index (κ3) is 3.69. The van der Waals surface area contributed by atoms with Crippen LogP contribution in [-0.2, 0) is 13.1 Å². The number of nitrogens with zero attached hydrogens (tertiary/aromatic N) is 4. The molecule has 0 bridgehead atoms. The lowest BCUT2D eigenvalue weighted by Gasteiger charge is -2.31. The van der Waals surface area contributed by atoms with Gasteiger partial charge in [-0.05, 0) is 31.2 Å². The van der Waals surface area contributed by atoms with E-state index in [1.807, 2.05) is 4.68 Å². The van der Waals surface area contributed by atoms with E-state index in [-0.39, 0.29) is 0 Å². The molecule has 1 aromatic heterocycles. The Morgan fingerprint density at radius 1 is 1.50 bits per heavy atom. The standard InChI is InChI=1S/C13H23ClN4/c1-11(2)7-18-13(15-10-16-18)9-17-5-3-4-12(6-14)8-17/h10-12H,3-9H2,1-2H3. The number of halogens is 1. The number of rotatable bonds is 5. The topological polar surface area (TPSA) is 34.0 Å². The van der Waals surface area contributed by atoms with Crippen molar-refractivity contribution in [3.05, 3.63) is 12.2 Å². The minimum atomic E-state index is 0.599. The minimum absolute atomic E-state index is 0.599. The smallest absolute Gasteiger partial charge is 0.141 e. The summed E-state index contributed by atoms with van der Waals surface area (Å²) in [7, 11) is 0. The van der Waals surface area contributed by atoms with Crippen molar-refractivity contribution in [1.82, 2.24) is 19.7 Å². The monoisotopic (exact) mass is 270 g/mol. The van der Waals surface area contributed by atoms with Gasteiger partial charge in [0, 0.05) is 19.0 Å². The first-order valence-electron chi connectivity index (χ1n) is 6.84. The Bertz CT molecular complexity index is 364. The summed E-state index contributed by atoms with van der Waals surface area (Å²) in [6.45, 7) is 8.51. The van der Waals surface area contributed by atoms with Gasteiger partial charge in [0.15, 0.2) is 0 Å². The number of piperidine rings is 1. The fraction of sp³-hybridized carbons (Fsp3) is 0.846. The molecule has 0 saturated carbocycles.